The maximum Gasteiger partial charge on any atom is 0.298 e. The summed E-state index contributed by atoms with van der Waals surface area (Å²) in [5.41, 5.74) is 0. The number of aliphatic hydroxyl groups excluding tert-OH is 2. The second-order valence-corrected chi connectivity index (χ2v) is 7.45. The van der Waals surface area contributed by atoms with E-state index in [-0.39, 0.29) is 37.6 Å². The molecule has 10 heteroatoms. The highest BCUT2D eigenvalue weighted by Crippen LogP contribution is 2.34. The summed E-state index contributed by atoms with van der Waals surface area (Å²) in [5.74, 6) is 0.186. The molecule has 28 heavy (non-hydrogen) atoms. The summed E-state index contributed by atoms with van der Waals surface area (Å²) >= 11 is 0. The van der Waals surface area contributed by atoms with Gasteiger partial charge in [-0.05, 0) is 23.6 Å². The molecular formula is C18H24O9S. The number of hydrogen-bond donors (Lipinski definition) is 3. The van der Waals surface area contributed by atoms with E-state index in [0.717, 1.165) is 0 Å². The number of rotatable bonds is 11. The van der Waals surface area contributed by atoms with Crippen molar-refractivity contribution in [3.63, 3.8) is 0 Å². The Balaban J connectivity index is 2.37. The van der Waals surface area contributed by atoms with Crippen LogP contribution in [0.3, 0.4) is 0 Å². The van der Waals surface area contributed by atoms with Gasteiger partial charge in [-0.2, -0.15) is 8.42 Å². The van der Waals surface area contributed by atoms with E-state index in [0.29, 0.717) is 11.1 Å². The normalized spacial score (nSPS) is 14.0. The lowest BCUT2D eigenvalue weighted by Crippen LogP contribution is -2.23. The van der Waals surface area contributed by atoms with Crippen LogP contribution in [0.1, 0.15) is 0 Å². The van der Waals surface area contributed by atoms with Gasteiger partial charge in [-0.3, -0.25) is 4.55 Å². The van der Waals surface area contributed by atoms with Crippen molar-refractivity contribution in [1.29, 1.82) is 0 Å². The molecule has 0 saturated carbocycles. The van der Waals surface area contributed by atoms with E-state index in [4.69, 9.17) is 18.9 Å². The van der Waals surface area contributed by atoms with Crippen molar-refractivity contribution in [2.45, 2.75) is 17.1 Å². The van der Waals surface area contributed by atoms with Crippen molar-refractivity contribution in [1.82, 2.24) is 0 Å². The van der Waals surface area contributed by atoms with Gasteiger partial charge in [0.15, 0.2) is 0 Å². The first-order valence-electron chi connectivity index (χ1n) is 8.40. The molecule has 156 valence electrons. The molecular weight excluding hydrogens is 392 g/mol. The molecule has 9 nitrogen and oxygen atoms in total. The zero-order valence-electron chi connectivity index (χ0n) is 15.6. The second kappa shape index (κ2) is 10.0. The molecule has 2 aromatic carbocycles. The summed E-state index contributed by atoms with van der Waals surface area (Å²) in [7, 11) is -1.78. The van der Waals surface area contributed by atoms with Crippen LogP contribution in [-0.2, 0) is 19.6 Å². The molecule has 0 saturated heterocycles. The van der Waals surface area contributed by atoms with Gasteiger partial charge < -0.3 is 29.2 Å². The highest BCUT2D eigenvalue weighted by molar-refractivity contribution is 7.86. The van der Waals surface area contributed by atoms with Gasteiger partial charge in [0.05, 0.1) is 13.2 Å². The first kappa shape index (κ1) is 22.3. The lowest BCUT2D eigenvalue weighted by molar-refractivity contribution is 0.0318. The zero-order valence-corrected chi connectivity index (χ0v) is 16.4. The van der Waals surface area contributed by atoms with E-state index < -0.39 is 27.2 Å². The Morgan fingerprint density at radius 3 is 2.04 bits per heavy atom. The third-order valence-electron chi connectivity index (χ3n) is 3.76. The number of hydrogen-bond acceptors (Lipinski definition) is 8. The molecule has 0 aliphatic rings. The van der Waals surface area contributed by atoms with Crippen molar-refractivity contribution in [3.8, 4) is 11.5 Å². The lowest BCUT2D eigenvalue weighted by Gasteiger charge is -2.16. The lowest BCUT2D eigenvalue weighted by atomic mass is 10.1. The number of fused-ring (bicyclic) bond motifs is 1. The van der Waals surface area contributed by atoms with Crippen molar-refractivity contribution in [3.05, 3.63) is 30.3 Å². The smallest absolute Gasteiger partial charge is 0.298 e. The van der Waals surface area contributed by atoms with Gasteiger partial charge in [0.2, 0.25) is 0 Å². The molecule has 0 heterocycles. The molecule has 2 unspecified atom stereocenters. The topological polar surface area (TPSA) is 132 Å². The summed E-state index contributed by atoms with van der Waals surface area (Å²) in [6.45, 7) is -0.177. The molecule has 2 atom stereocenters. The Labute approximate surface area is 163 Å². The van der Waals surface area contributed by atoms with E-state index in [9.17, 15) is 23.2 Å². The molecule has 0 aromatic heterocycles. The molecule has 0 spiro atoms. The summed E-state index contributed by atoms with van der Waals surface area (Å²) in [4.78, 5) is -0.433. The van der Waals surface area contributed by atoms with Gasteiger partial charge in [-0.1, -0.05) is 12.1 Å². The van der Waals surface area contributed by atoms with Crippen molar-refractivity contribution >= 4 is 20.9 Å². The third-order valence-corrected chi connectivity index (χ3v) is 4.69. The van der Waals surface area contributed by atoms with Crippen LogP contribution in [0.15, 0.2) is 35.2 Å². The fourth-order valence-corrected chi connectivity index (χ4v) is 3.42. The van der Waals surface area contributed by atoms with Gasteiger partial charge in [-0.25, -0.2) is 0 Å². The molecule has 2 aromatic rings. The molecule has 0 radical (unpaired) electrons. The fourth-order valence-electron chi connectivity index (χ4n) is 2.58. The molecule has 3 N–H and O–H groups in total. The van der Waals surface area contributed by atoms with E-state index >= 15 is 0 Å². The first-order valence-corrected chi connectivity index (χ1v) is 9.84. The SMILES string of the molecule is COCC(O)COc1ccc2ccc(OCC(O)COC)c(S(=O)(=O)O)c2c1. The van der Waals surface area contributed by atoms with Gasteiger partial charge in [0.25, 0.3) is 10.1 Å². The fraction of sp³-hybridized carbons (Fsp3) is 0.444. The van der Waals surface area contributed by atoms with E-state index in [1.54, 1.807) is 18.2 Å². The van der Waals surface area contributed by atoms with Crippen molar-refractivity contribution in [2.24, 2.45) is 0 Å². The van der Waals surface area contributed by atoms with E-state index in [2.05, 4.69) is 0 Å². The van der Waals surface area contributed by atoms with Crippen LogP contribution < -0.4 is 9.47 Å². The molecule has 0 bridgehead atoms. The molecule has 0 aliphatic carbocycles. The summed E-state index contributed by atoms with van der Waals surface area (Å²) < 4.78 is 54.2. The monoisotopic (exact) mass is 416 g/mol. The van der Waals surface area contributed by atoms with Crippen molar-refractivity contribution < 1.29 is 42.1 Å². The summed E-state index contributed by atoms with van der Waals surface area (Å²) in [6.07, 6.45) is -1.81. The Morgan fingerprint density at radius 2 is 1.46 bits per heavy atom. The number of benzene rings is 2. The molecule has 0 fully saturated rings. The number of methoxy groups -OCH3 is 2. The van der Waals surface area contributed by atoms with Crippen LogP contribution in [0.25, 0.3) is 10.8 Å². The Hall–Kier alpha value is -1.95. The van der Waals surface area contributed by atoms with Crippen LogP contribution in [0.4, 0.5) is 0 Å². The Kier molecular flexibility index (Phi) is 7.98. The van der Waals surface area contributed by atoms with E-state index in [1.807, 2.05) is 0 Å². The summed E-state index contributed by atoms with van der Waals surface area (Å²) in [5, 5.41) is 20.1. The largest absolute Gasteiger partial charge is 0.491 e. The van der Waals surface area contributed by atoms with Crippen LogP contribution in [-0.4, -0.2) is 76.0 Å². The van der Waals surface area contributed by atoms with Gasteiger partial charge in [0.1, 0.15) is 41.8 Å². The van der Waals surface area contributed by atoms with Crippen LogP contribution >= 0.6 is 0 Å². The number of ether oxygens (including phenoxy) is 4. The van der Waals surface area contributed by atoms with Crippen LogP contribution in [0.2, 0.25) is 0 Å². The predicted octanol–water partition coefficient (Wildman–Crippen LogP) is 0.859. The number of aliphatic hydroxyl groups is 2. The maximum atomic E-state index is 12.0. The van der Waals surface area contributed by atoms with Crippen LogP contribution in [0.5, 0.6) is 11.5 Å². The van der Waals surface area contributed by atoms with Gasteiger partial charge >= 0.3 is 0 Å². The minimum absolute atomic E-state index is 0.0105. The second-order valence-electron chi connectivity index (χ2n) is 6.09. The van der Waals surface area contributed by atoms with Crippen LogP contribution in [0, 0.1) is 0 Å². The Morgan fingerprint density at radius 1 is 0.893 bits per heavy atom. The average Bonchev–Trinajstić information content (AvgIpc) is 2.63. The predicted molar refractivity (Wildman–Crippen MR) is 101 cm³/mol. The minimum Gasteiger partial charge on any atom is -0.491 e. The zero-order chi connectivity index (χ0) is 20.7. The standard InChI is InChI=1S/C18H24O9S/c1-24-8-13(19)10-26-15-5-3-12-4-6-17(27-11-14(20)9-25-2)18(16(12)7-15)28(21,22)23/h3-7,13-14,19-20H,8-11H2,1-2H3,(H,21,22,23). The van der Waals surface area contributed by atoms with Gasteiger partial charge in [0, 0.05) is 19.6 Å². The third kappa shape index (κ3) is 6.03. The van der Waals surface area contributed by atoms with Gasteiger partial charge in [-0.15, -0.1) is 0 Å². The quantitative estimate of drug-likeness (QED) is 0.456. The van der Waals surface area contributed by atoms with Crippen molar-refractivity contribution in [2.75, 3.05) is 40.6 Å². The Bertz CT molecular complexity index is 877. The molecule has 0 aliphatic heterocycles. The maximum absolute atomic E-state index is 12.0. The highest BCUT2D eigenvalue weighted by atomic mass is 32.2. The highest BCUT2D eigenvalue weighted by Gasteiger charge is 2.22. The first-order chi connectivity index (χ1) is 13.3. The molecule has 2 rings (SSSR count). The average molecular weight is 416 g/mol. The van der Waals surface area contributed by atoms with E-state index in [1.165, 1.54) is 26.4 Å². The minimum atomic E-state index is -4.64. The molecule has 0 amide bonds. The summed E-state index contributed by atoms with van der Waals surface area (Å²) in [6, 6.07) is 7.67.